The Labute approximate surface area is 121 Å². The van der Waals surface area contributed by atoms with Crippen LogP contribution < -0.4 is 10.6 Å². The van der Waals surface area contributed by atoms with E-state index in [4.69, 9.17) is 10.8 Å². The van der Waals surface area contributed by atoms with Gasteiger partial charge in [0.15, 0.2) is 5.65 Å². The van der Waals surface area contributed by atoms with Crippen LogP contribution in [0, 0.1) is 0 Å². The molecule has 0 aliphatic carbocycles. The SMILES string of the molecule is C[C@@H]1CN(C(=O)O)CCN1c1nc(N)nc2c1cnn2C. The van der Waals surface area contributed by atoms with Crippen molar-refractivity contribution in [3.63, 3.8) is 0 Å². The lowest BCUT2D eigenvalue weighted by Crippen LogP contribution is -2.53. The van der Waals surface area contributed by atoms with Crippen molar-refractivity contribution in [1.82, 2.24) is 24.6 Å². The topological polar surface area (TPSA) is 113 Å². The molecular formula is C12H17N7O2. The first-order valence-corrected chi connectivity index (χ1v) is 6.67. The predicted octanol–water partition coefficient (Wildman–Crippen LogP) is 0.134. The molecule has 2 aromatic rings. The fourth-order valence-electron chi connectivity index (χ4n) is 2.69. The molecule has 0 radical (unpaired) electrons. The van der Waals surface area contributed by atoms with Crippen molar-refractivity contribution in [2.45, 2.75) is 13.0 Å². The van der Waals surface area contributed by atoms with E-state index in [0.717, 1.165) is 5.39 Å². The molecule has 112 valence electrons. The Kier molecular flexibility index (Phi) is 3.04. The van der Waals surface area contributed by atoms with E-state index in [1.54, 1.807) is 17.9 Å². The van der Waals surface area contributed by atoms with E-state index in [0.29, 0.717) is 31.1 Å². The van der Waals surface area contributed by atoms with Gasteiger partial charge in [-0.3, -0.25) is 4.68 Å². The second-order valence-corrected chi connectivity index (χ2v) is 5.18. The molecule has 9 nitrogen and oxygen atoms in total. The molecule has 0 unspecified atom stereocenters. The Balaban J connectivity index is 1.99. The molecule has 0 bridgehead atoms. The highest BCUT2D eigenvalue weighted by molar-refractivity contribution is 5.88. The van der Waals surface area contributed by atoms with Crippen LogP contribution in [0.5, 0.6) is 0 Å². The van der Waals surface area contributed by atoms with Crippen LogP contribution >= 0.6 is 0 Å². The van der Waals surface area contributed by atoms with E-state index in [1.807, 2.05) is 6.92 Å². The van der Waals surface area contributed by atoms with Crippen molar-refractivity contribution in [1.29, 1.82) is 0 Å². The summed E-state index contributed by atoms with van der Waals surface area (Å²) in [4.78, 5) is 23.1. The van der Waals surface area contributed by atoms with E-state index in [1.165, 1.54) is 4.90 Å². The van der Waals surface area contributed by atoms with Crippen molar-refractivity contribution in [2.75, 3.05) is 30.3 Å². The van der Waals surface area contributed by atoms with Crippen LogP contribution in [0.15, 0.2) is 6.20 Å². The zero-order valence-corrected chi connectivity index (χ0v) is 11.9. The van der Waals surface area contributed by atoms with Crippen LogP contribution in [0.25, 0.3) is 11.0 Å². The summed E-state index contributed by atoms with van der Waals surface area (Å²) in [5, 5.41) is 14.1. The third-order valence-electron chi connectivity index (χ3n) is 3.76. The van der Waals surface area contributed by atoms with Gasteiger partial charge in [-0.05, 0) is 6.92 Å². The number of aromatic nitrogens is 4. The highest BCUT2D eigenvalue weighted by atomic mass is 16.4. The van der Waals surface area contributed by atoms with Gasteiger partial charge in [-0.1, -0.05) is 0 Å². The van der Waals surface area contributed by atoms with Crippen molar-refractivity contribution in [3.8, 4) is 0 Å². The molecule has 1 atom stereocenters. The molecule has 2 aromatic heterocycles. The summed E-state index contributed by atoms with van der Waals surface area (Å²) in [5.41, 5.74) is 6.46. The van der Waals surface area contributed by atoms with Crippen molar-refractivity contribution in [3.05, 3.63) is 6.20 Å². The number of hydrogen-bond acceptors (Lipinski definition) is 6. The molecule has 3 N–H and O–H groups in total. The minimum absolute atomic E-state index is 0.00700. The highest BCUT2D eigenvalue weighted by Gasteiger charge is 2.29. The Bertz CT molecular complexity index is 698. The number of carboxylic acid groups (broad SMARTS) is 1. The molecular weight excluding hydrogens is 274 g/mol. The van der Waals surface area contributed by atoms with E-state index in [-0.39, 0.29) is 12.0 Å². The average Bonchev–Trinajstić information content (AvgIpc) is 2.79. The largest absolute Gasteiger partial charge is 0.465 e. The van der Waals surface area contributed by atoms with Gasteiger partial charge < -0.3 is 20.6 Å². The smallest absolute Gasteiger partial charge is 0.407 e. The number of nitrogen functional groups attached to an aromatic ring is 1. The van der Waals surface area contributed by atoms with E-state index in [2.05, 4.69) is 20.0 Å². The van der Waals surface area contributed by atoms with Gasteiger partial charge in [0.1, 0.15) is 5.82 Å². The zero-order chi connectivity index (χ0) is 15.1. The monoisotopic (exact) mass is 291 g/mol. The van der Waals surface area contributed by atoms with E-state index >= 15 is 0 Å². The second-order valence-electron chi connectivity index (χ2n) is 5.18. The second kappa shape index (κ2) is 4.76. The number of amides is 1. The quantitative estimate of drug-likeness (QED) is 0.767. The minimum Gasteiger partial charge on any atom is -0.465 e. The Morgan fingerprint density at radius 1 is 1.43 bits per heavy atom. The molecule has 3 rings (SSSR count). The van der Waals surface area contributed by atoms with Crippen LogP contribution in [-0.4, -0.2) is 61.5 Å². The third-order valence-corrected chi connectivity index (χ3v) is 3.76. The van der Waals surface area contributed by atoms with Gasteiger partial charge in [-0.15, -0.1) is 0 Å². The number of nitrogens with zero attached hydrogens (tertiary/aromatic N) is 6. The van der Waals surface area contributed by atoms with Gasteiger partial charge >= 0.3 is 6.09 Å². The van der Waals surface area contributed by atoms with Crippen LogP contribution in [-0.2, 0) is 7.05 Å². The number of fused-ring (bicyclic) bond motifs is 1. The lowest BCUT2D eigenvalue weighted by atomic mass is 10.2. The number of hydrogen-bond donors (Lipinski definition) is 2. The molecule has 21 heavy (non-hydrogen) atoms. The van der Waals surface area contributed by atoms with Crippen molar-refractivity contribution in [2.24, 2.45) is 7.05 Å². The lowest BCUT2D eigenvalue weighted by molar-refractivity contribution is 0.136. The first-order chi connectivity index (χ1) is 9.97. The molecule has 1 aliphatic rings. The maximum Gasteiger partial charge on any atom is 0.407 e. The summed E-state index contributed by atoms with van der Waals surface area (Å²) < 4.78 is 1.65. The molecule has 9 heteroatoms. The maximum absolute atomic E-state index is 11.1. The van der Waals surface area contributed by atoms with Gasteiger partial charge in [0.2, 0.25) is 5.95 Å². The molecule has 0 aromatic carbocycles. The first-order valence-electron chi connectivity index (χ1n) is 6.67. The number of aryl methyl sites for hydroxylation is 1. The van der Waals surface area contributed by atoms with Gasteiger partial charge in [0.25, 0.3) is 0 Å². The van der Waals surface area contributed by atoms with E-state index in [9.17, 15) is 4.79 Å². The summed E-state index contributed by atoms with van der Waals surface area (Å²) >= 11 is 0. The predicted molar refractivity (Wildman–Crippen MR) is 77.1 cm³/mol. The standard InChI is InChI=1S/C12H17N7O2/c1-7-6-18(12(20)21)3-4-19(7)10-8-5-14-17(2)9(8)15-11(13)16-10/h5,7H,3-4,6H2,1-2H3,(H,20,21)(H2,13,15,16)/t7-/m1/s1. The number of anilines is 2. The Morgan fingerprint density at radius 2 is 2.19 bits per heavy atom. The molecule has 1 aliphatic heterocycles. The van der Waals surface area contributed by atoms with Crippen LogP contribution in [0.2, 0.25) is 0 Å². The third kappa shape index (κ3) is 2.20. The summed E-state index contributed by atoms with van der Waals surface area (Å²) in [7, 11) is 1.80. The van der Waals surface area contributed by atoms with Gasteiger partial charge in [-0.25, -0.2) is 4.79 Å². The maximum atomic E-state index is 11.1. The highest BCUT2D eigenvalue weighted by Crippen LogP contribution is 2.27. The number of nitrogens with two attached hydrogens (primary N) is 1. The Morgan fingerprint density at radius 3 is 2.86 bits per heavy atom. The molecule has 0 spiro atoms. The molecule has 1 amide bonds. The summed E-state index contributed by atoms with van der Waals surface area (Å²) in [6.07, 6.45) is 0.815. The van der Waals surface area contributed by atoms with Crippen LogP contribution in [0.1, 0.15) is 6.92 Å². The fraction of sp³-hybridized carbons (Fsp3) is 0.500. The van der Waals surface area contributed by atoms with Crippen LogP contribution in [0.4, 0.5) is 16.6 Å². The van der Waals surface area contributed by atoms with Gasteiger partial charge in [0, 0.05) is 32.7 Å². The minimum atomic E-state index is -0.893. The number of carbonyl (C=O) groups is 1. The number of rotatable bonds is 1. The summed E-state index contributed by atoms with van der Waals surface area (Å²) in [5.74, 6) is 0.900. The molecule has 1 saturated heterocycles. The summed E-state index contributed by atoms with van der Waals surface area (Å²) in [6.45, 7) is 3.40. The molecule has 3 heterocycles. The molecule has 0 saturated carbocycles. The normalized spacial score (nSPS) is 19.2. The summed E-state index contributed by atoms with van der Waals surface area (Å²) in [6, 6.07) is 0.00700. The zero-order valence-electron chi connectivity index (χ0n) is 11.9. The number of piperazine rings is 1. The lowest BCUT2D eigenvalue weighted by Gasteiger charge is -2.39. The van der Waals surface area contributed by atoms with E-state index < -0.39 is 6.09 Å². The first kappa shape index (κ1) is 13.4. The van der Waals surface area contributed by atoms with Crippen molar-refractivity contribution >= 4 is 28.9 Å². The van der Waals surface area contributed by atoms with Gasteiger partial charge in [0.05, 0.1) is 11.6 Å². The van der Waals surface area contributed by atoms with Gasteiger partial charge in [-0.2, -0.15) is 15.1 Å². The fourth-order valence-corrected chi connectivity index (χ4v) is 2.69. The molecule has 1 fully saturated rings. The van der Waals surface area contributed by atoms with Crippen molar-refractivity contribution < 1.29 is 9.90 Å². The van der Waals surface area contributed by atoms with Crippen LogP contribution in [0.3, 0.4) is 0 Å². The Hall–Kier alpha value is -2.58. The average molecular weight is 291 g/mol.